The third-order valence-electron chi connectivity index (χ3n) is 12.3. The highest BCUT2D eigenvalue weighted by atomic mass is 19.4. The van der Waals surface area contributed by atoms with Crippen molar-refractivity contribution in [3.63, 3.8) is 0 Å². The van der Waals surface area contributed by atoms with Crippen LogP contribution in [-0.4, -0.2) is 91.4 Å². The van der Waals surface area contributed by atoms with Crippen molar-refractivity contribution in [2.75, 3.05) is 57.8 Å². The van der Waals surface area contributed by atoms with Gasteiger partial charge in [-0.2, -0.15) is 13.2 Å². The molecule has 0 spiro atoms. The van der Waals surface area contributed by atoms with Crippen LogP contribution in [0.1, 0.15) is 106 Å². The van der Waals surface area contributed by atoms with Gasteiger partial charge in [-0.1, -0.05) is 74.9 Å². The highest BCUT2D eigenvalue weighted by molar-refractivity contribution is 6.03. The van der Waals surface area contributed by atoms with Gasteiger partial charge in [0.05, 0.1) is 51.4 Å². The molecule has 0 aromatic heterocycles. The Morgan fingerprint density at radius 3 is 1.95 bits per heavy atom. The first-order valence-corrected chi connectivity index (χ1v) is 21.4. The summed E-state index contributed by atoms with van der Waals surface area (Å²) >= 11 is 0. The normalized spacial score (nSPS) is 21.4. The van der Waals surface area contributed by atoms with Gasteiger partial charge in [-0.3, -0.25) is 14.5 Å². The SMILES string of the molecule is COc1ccc(C2C(CCC(O)c3ccc(F)cc3)C(=O)N2c2ccc(CNC(=O)CCCCCCCCCCC[N+]34CCN(CC3)CC4)cc2)cc1.O=C([O-])C(F)(F)F. The van der Waals surface area contributed by atoms with E-state index in [2.05, 4.69) is 10.2 Å². The van der Waals surface area contributed by atoms with E-state index in [4.69, 9.17) is 14.6 Å². The molecule has 7 rings (SSSR count). The predicted octanol–water partition coefficient (Wildman–Crippen LogP) is 7.01. The number of aliphatic hydroxyl groups is 1. The number of ether oxygens (including phenoxy) is 1. The summed E-state index contributed by atoms with van der Waals surface area (Å²) in [5.74, 6) is -2.82. The maximum atomic E-state index is 13.6. The number of halogens is 4. The molecule has 0 aliphatic carbocycles. The number of β-lactam (4-membered cyclic amide) rings is 1. The largest absolute Gasteiger partial charge is 0.542 e. The zero-order chi connectivity index (χ0) is 43.1. The van der Waals surface area contributed by atoms with Crippen LogP contribution in [0.25, 0.3) is 0 Å². The summed E-state index contributed by atoms with van der Waals surface area (Å²) in [5, 5.41) is 22.6. The Kier molecular flexibility index (Phi) is 17.3. The molecule has 328 valence electrons. The van der Waals surface area contributed by atoms with Crippen molar-refractivity contribution in [1.29, 1.82) is 0 Å². The van der Waals surface area contributed by atoms with Crippen LogP contribution in [0.5, 0.6) is 5.75 Å². The Bertz CT molecular complexity index is 1790. The summed E-state index contributed by atoms with van der Waals surface area (Å²) in [6, 6.07) is 21.2. The van der Waals surface area contributed by atoms with Gasteiger partial charge in [-0.25, -0.2) is 4.39 Å². The molecule has 60 heavy (non-hydrogen) atoms. The van der Waals surface area contributed by atoms with Gasteiger partial charge in [0.1, 0.15) is 17.5 Å². The molecule has 2 amide bonds. The number of alkyl halides is 3. The minimum absolute atomic E-state index is 0.00686. The summed E-state index contributed by atoms with van der Waals surface area (Å²) in [5.41, 5.74) is 3.41. The predicted molar refractivity (Wildman–Crippen MR) is 219 cm³/mol. The molecule has 0 saturated carbocycles. The van der Waals surface area contributed by atoms with E-state index in [1.54, 1.807) is 19.2 Å². The van der Waals surface area contributed by atoms with Crippen LogP contribution in [0.2, 0.25) is 0 Å². The number of anilines is 1. The van der Waals surface area contributed by atoms with Gasteiger partial charge in [-0.05, 0) is 85.2 Å². The maximum absolute atomic E-state index is 13.6. The summed E-state index contributed by atoms with van der Waals surface area (Å²) in [4.78, 5) is 39.4. The van der Waals surface area contributed by atoms with Gasteiger partial charge in [0.25, 0.3) is 0 Å². The van der Waals surface area contributed by atoms with E-state index in [0.29, 0.717) is 31.4 Å². The Morgan fingerprint density at radius 2 is 1.40 bits per heavy atom. The number of hydrogen-bond acceptors (Lipinski definition) is 7. The van der Waals surface area contributed by atoms with Gasteiger partial charge in [-0.15, -0.1) is 0 Å². The number of carboxylic acid groups (broad SMARTS) is 1. The molecule has 4 saturated heterocycles. The molecule has 3 atom stereocenters. The first kappa shape index (κ1) is 46.5. The summed E-state index contributed by atoms with van der Waals surface area (Å²) in [6.07, 6.45) is 6.72. The van der Waals surface area contributed by atoms with Crippen LogP contribution in [0, 0.1) is 11.7 Å². The summed E-state index contributed by atoms with van der Waals surface area (Å²) in [7, 11) is 1.63. The minimum atomic E-state index is -5.19. The lowest BCUT2D eigenvalue weighted by Crippen LogP contribution is -2.67. The van der Waals surface area contributed by atoms with E-state index < -0.39 is 18.2 Å². The van der Waals surface area contributed by atoms with Crippen molar-refractivity contribution in [3.8, 4) is 5.75 Å². The average molecular weight is 841 g/mol. The number of carboxylic acids is 1. The van der Waals surface area contributed by atoms with Gasteiger partial charge in [0.15, 0.2) is 0 Å². The number of fused-ring (bicyclic) bond motifs is 3. The van der Waals surface area contributed by atoms with Crippen LogP contribution >= 0.6 is 0 Å². The zero-order valence-electron chi connectivity index (χ0n) is 34.6. The number of hydrogen-bond donors (Lipinski definition) is 2. The Hall–Kier alpha value is -4.53. The molecule has 3 aromatic rings. The van der Waals surface area contributed by atoms with Gasteiger partial charge in [0.2, 0.25) is 11.8 Å². The Labute approximate surface area is 351 Å². The number of nitrogens with zero attached hydrogens (tertiary/aromatic N) is 3. The van der Waals surface area contributed by atoms with Crippen LogP contribution in [0.4, 0.5) is 23.2 Å². The molecule has 0 radical (unpaired) electrons. The van der Waals surface area contributed by atoms with Gasteiger partial charge < -0.3 is 34.4 Å². The number of carbonyl (C=O) groups excluding carboxylic acids is 3. The molecule has 4 aliphatic heterocycles. The third kappa shape index (κ3) is 13.5. The van der Waals surface area contributed by atoms with E-state index in [9.17, 15) is 32.3 Å². The Morgan fingerprint density at radius 1 is 0.850 bits per heavy atom. The third-order valence-corrected chi connectivity index (χ3v) is 12.3. The number of amides is 2. The van der Waals surface area contributed by atoms with E-state index in [-0.39, 0.29) is 29.6 Å². The van der Waals surface area contributed by atoms with Gasteiger partial charge >= 0.3 is 6.18 Å². The lowest BCUT2D eigenvalue weighted by atomic mass is 9.78. The number of rotatable bonds is 21. The molecule has 2 bridgehead atoms. The van der Waals surface area contributed by atoms with E-state index in [1.807, 2.05) is 53.4 Å². The van der Waals surface area contributed by atoms with Crippen molar-refractivity contribution >= 4 is 23.5 Å². The van der Waals surface area contributed by atoms with Crippen molar-refractivity contribution < 1.29 is 51.4 Å². The molecule has 4 heterocycles. The molecule has 3 aromatic carbocycles. The molecule has 4 aliphatic rings. The number of piperazine rings is 3. The van der Waals surface area contributed by atoms with Crippen molar-refractivity contribution in [2.45, 2.75) is 102 Å². The first-order chi connectivity index (χ1) is 28.8. The van der Waals surface area contributed by atoms with E-state index >= 15 is 0 Å². The lowest BCUT2D eigenvalue weighted by molar-refractivity contribution is -0.941. The number of nitrogens with one attached hydrogen (secondary N) is 1. The molecular weight excluding hydrogens is 781 g/mol. The second kappa shape index (κ2) is 22.4. The second-order valence-electron chi connectivity index (χ2n) is 16.4. The van der Waals surface area contributed by atoms with Crippen LogP contribution in [0.3, 0.4) is 0 Å². The number of carbonyl (C=O) groups is 3. The standard InChI is InChI=1S/C44H59FN4O4.C2HF3O2/c1-53-39-22-16-36(17-23-39)43-40(24-25-41(50)35-14-18-37(45)19-15-35)44(52)48(43)38-20-12-34(13-21-38)33-46-42(51)11-9-7-5-3-2-4-6-8-10-29-49-30-26-47(27-31-49)28-32-49;3-2(4,5)1(6)7/h12-23,40-41,43,50H,2-11,24-33H2,1H3;(H,6,7). The molecule has 3 unspecified atom stereocenters. The molecule has 14 heteroatoms. The number of aliphatic carboxylic acids is 1. The van der Waals surface area contributed by atoms with Crippen molar-refractivity contribution in [2.24, 2.45) is 5.92 Å². The fraction of sp³-hybridized carbons (Fsp3) is 0.543. The zero-order valence-corrected chi connectivity index (χ0v) is 34.6. The fourth-order valence-electron chi connectivity index (χ4n) is 8.59. The van der Waals surface area contributed by atoms with Crippen molar-refractivity contribution in [3.05, 3.63) is 95.3 Å². The molecule has 4 fully saturated rings. The minimum Gasteiger partial charge on any atom is -0.542 e. The monoisotopic (exact) mass is 840 g/mol. The molecular formula is C46H60F4N4O6. The van der Waals surface area contributed by atoms with Crippen LogP contribution in [0.15, 0.2) is 72.8 Å². The Balaban J connectivity index is 0.000000896. The fourth-order valence-corrected chi connectivity index (χ4v) is 8.59. The molecule has 2 N–H and O–H groups in total. The number of aliphatic hydroxyl groups excluding tert-OH is 1. The summed E-state index contributed by atoms with van der Waals surface area (Å²) in [6.45, 7) is 9.90. The average Bonchev–Trinajstić information content (AvgIpc) is 3.25. The topological polar surface area (TPSA) is 122 Å². The van der Waals surface area contributed by atoms with E-state index in [1.165, 1.54) is 107 Å². The highest BCUT2D eigenvalue weighted by Gasteiger charge is 2.48. The van der Waals surface area contributed by atoms with Crippen molar-refractivity contribution in [1.82, 2.24) is 10.2 Å². The van der Waals surface area contributed by atoms with E-state index in [0.717, 1.165) is 35.4 Å². The first-order valence-electron chi connectivity index (χ1n) is 21.4. The van der Waals surface area contributed by atoms with Crippen LogP contribution < -0.4 is 20.1 Å². The molecule has 10 nitrogen and oxygen atoms in total. The lowest BCUT2D eigenvalue weighted by Gasteiger charge is -2.50. The summed E-state index contributed by atoms with van der Waals surface area (Å²) < 4.78 is 51.7. The van der Waals surface area contributed by atoms with Crippen LogP contribution in [-0.2, 0) is 20.9 Å². The smallest absolute Gasteiger partial charge is 0.430 e. The number of methoxy groups -OCH3 is 1. The maximum Gasteiger partial charge on any atom is 0.430 e. The second-order valence-corrected chi connectivity index (χ2v) is 16.4. The van der Waals surface area contributed by atoms with Gasteiger partial charge in [0, 0.05) is 38.3 Å². The highest BCUT2D eigenvalue weighted by Crippen LogP contribution is 2.46. The number of quaternary nitrogens is 1. The number of benzene rings is 3. The quantitative estimate of drug-likeness (QED) is 0.0513. The number of unbranched alkanes of at least 4 members (excludes halogenated alkanes) is 8.